The van der Waals surface area contributed by atoms with Crippen molar-refractivity contribution in [1.82, 2.24) is 20.6 Å². The summed E-state index contributed by atoms with van der Waals surface area (Å²) in [6.07, 6.45) is 11.7. The molecule has 1 saturated carbocycles. The van der Waals surface area contributed by atoms with Gasteiger partial charge >= 0.3 is 0 Å². The van der Waals surface area contributed by atoms with Gasteiger partial charge in [-0.15, -0.1) is 0 Å². The SMILES string of the molecule is c1nc(C2CCCNC2)cc(N2C[C@H]3CCC[C@@H]4C[C@H]2NC4C3)n1. The summed E-state index contributed by atoms with van der Waals surface area (Å²) in [5.74, 6) is 3.41. The van der Waals surface area contributed by atoms with Crippen LogP contribution in [0.5, 0.6) is 0 Å². The first-order chi connectivity index (χ1) is 11.9. The highest BCUT2D eigenvalue weighted by atomic mass is 15.3. The molecule has 24 heavy (non-hydrogen) atoms. The number of hydrogen-bond donors (Lipinski definition) is 2. The number of piperidine rings is 1. The van der Waals surface area contributed by atoms with Crippen LogP contribution in [0.2, 0.25) is 0 Å². The largest absolute Gasteiger partial charge is 0.341 e. The van der Waals surface area contributed by atoms with Gasteiger partial charge < -0.3 is 10.2 Å². The highest BCUT2D eigenvalue weighted by molar-refractivity contribution is 5.42. The van der Waals surface area contributed by atoms with E-state index in [0.717, 1.165) is 36.8 Å². The first-order valence-corrected chi connectivity index (χ1v) is 9.92. The molecule has 1 aromatic rings. The van der Waals surface area contributed by atoms with Crippen molar-refractivity contribution in [3.63, 3.8) is 0 Å². The fourth-order valence-electron chi connectivity index (χ4n) is 5.52. The fourth-order valence-corrected chi connectivity index (χ4v) is 5.52. The van der Waals surface area contributed by atoms with E-state index in [-0.39, 0.29) is 0 Å². The first kappa shape index (κ1) is 15.1. The molecule has 2 unspecified atom stereocenters. The van der Waals surface area contributed by atoms with E-state index in [2.05, 4.69) is 31.6 Å². The summed E-state index contributed by atoms with van der Waals surface area (Å²) >= 11 is 0. The molecule has 5 rings (SSSR count). The van der Waals surface area contributed by atoms with Gasteiger partial charge in [0.25, 0.3) is 0 Å². The van der Waals surface area contributed by atoms with Crippen LogP contribution in [-0.2, 0) is 0 Å². The monoisotopic (exact) mass is 327 g/mol. The molecule has 4 fully saturated rings. The van der Waals surface area contributed by atoms with E-state index in [4.69, 9.17) is 0 Å². The maximum atomic E-state index is 4.68. The molecule has 0 spiro atoms. The van der Waals surface area contributed by atoms with Crippen molar-refractivity contribution in [3.8, 4) is 0 Å². The Hall–Kier alpha value is -1.20. The normalized spacial score (nSPS) is 38.8. The lowest BCUT2D eigenvalue weighted by Crippen LogP contribution is -2.43. The van der Waals surface area contributed by atoms with Crippen molar-refractivity contribution in [1.29, 1.82) is 0 Å². The molecule has 4 heterocycles. The summed E-state index contributed by atoms with van der Waals surface area (Å²) in [5.41, 5.74) is 1.23. The minimum Gasteiger partial charge on any atom is -0.341 e. The minimum absolute atomic E-state index is 0.482. The maximum absolute atomic E-state index is 4.68. The average Bonchev–Trinajstić information content (AvgIpc) is 2.85. The van der Waals surface area contributed by atoms with Gasteiger partial charge in [-0.1, -0.05) is 6.42 Å². The molecule has 1 aliphatic carbocycles. The number of fused-ring (bicyclic) bond motifs is 2. The first-order valence-electron chi connectivity index (χ1n) is 9.92. The number of nitrogens with one attached hydrogen (secondary N) is 2. The predicted octanol–water partition coefficient (Wildman–Crippen LogP) is 2.26. The lowest BCUT2D eigenvalue weighted by Gasteiger charge is -2.32. The second-order valence-corrected chi connectivity index (χ2v) is 8.31. The Kier molecular flexibility index (Phi) is 3.94. The lowest BCUT2D eigenvalue weighted by molar-refractivity contribution is 0.387. The van der Waals surface area contributed by atoms with Crippen LogP contribution < -0.4 is 15.5 Å². The summed E-state index contributed by atoms with van der Waals surface area (Å²) in [7, 11) is 0. The van der Waals surface area contributed by atoms with E-state index in [1.165, 1.54) is 57.2 Å². The lowest BCUT2D eigenvalue weighted by atomic mass is 9.91. The summed E-state index contributed by atoms with van der Waals surface area (Å²) in [6, 6.07) is 3.03. The van der Waals surface area contributed by atoms with Crippen LogP contribution in [-0.4, -0.2) is 41.8 Å². The Balaban J connectivity index is 1.43. The number of rotatable bonds is 2. The van der Waals surface area contributed by atoms with E-state index in [1.54, 1.807) is 6.33 Å². The molecular formula is C19H29N5. The minimum atomic E-state index is 0.482. The zero-order valence-electron chi connectivity index (χ0n) is 14.5. The molecule has 130 valence electrons. The zero-order chi connectivity index (χ0) is 15.9. The molecule has 5 atom stereocenters. The Bertz CT molecular complexity index is 583. The van der Waals surface area contributed by atoms with E-state index in [0.29, 0.717) is 12.1 Å². The van der Waals surface area contributed by atoms with Gasteiger partial charge in [0.05, 0.1) is 11.9 Å². The maximum Gasteiger partial charge on any atom is 0.133 e. The molecule has 2 N–H and O–H groups in total. The number of hydrogen-bond acceptors (Lipinski definition) is 5. The van der Waals surface area contributed by atoms with Gasteiger partial charge in [-0.25, -0.2) is 9.97 Å². The predicted molar refractivity (Wildman–Crippen MR) is 95.0 cm³/mol. The van der Waals surface area contributed by atoms with Crippen molar-refractivity contribution < 1.29 is 0 Å². The molecule has 3 aliphatic heterocycles. The van der Waals surface area contributed by atoms with Crippen LogP contribution in [0.1, 0.15) is 56.6 Å². The molecule has 0 radical (unpaired) electrons. The van der Waals surface area contributed by atoms with Crippen LogP contribution >= 0.6 is 0 Å². The molecular weight excluding hydrogens is 298 g/mol. The number of anilines is 1. The molecule has 0 amide bonds. The summed E-state index contributed by atoms with van der Waals surface area (Å²) in [4.78, 5) is 11.9. The van der Waals surface area contributed by atoms with Gasteiger partial charge in [0.1, 0.15) is 12.1 Å². The Morgan fingerprint density at radius 2 is 2.08 bits per heavy atom. The van der Waals surface area contributed by atoms with Crippen molar-refractivity contribution >= 4 is 5.82 Å². The third kappa shape index (κ3) is 2.72. The third-order valence-electron chi connectivity index (χ3n) is 6.79. The molecule has 5 nitrogen and oxygen atoms in total. The Morgan fingerprint density at radius 1 is 1.08 bits per heavy atom. The van der Waals surface area contributed by atoms with Gasteiger partial charge in [0.2, 0.25) is 0 Å². The second-order valence-electron chi connectivity index (χ2n) is 8.31. The van der Waals surface area contributed by atoms with Crippen molar-refractivity contribution in [2.45, 2.75) is 63.1 Å². The molecule has 3 saturated heterocycles. The smallest absolute Gasteiger partial charge is 0.133 e. The fraction of sp³-hybridized carbons (Fsp3) is 0.789. The molecule has 3 bridgehead atoms. The zero-order valence-corrected chi connectivity index (χ0v) is 14.5. The van der Waals surface area contributed by atoms with E-state index in [1.807, 2.05) is 0 Å². The van der Waals surface area contributed by atoms with Gasteiger partial charge in [-0.2, -0.15) is 0 Å². The van der Waals surface area contributed by atoms with Gasteiger partial charge in [-0.05, 0) is 56.9 Å². The van der Waals surface area contributed by atoms with Gasteiger partial charge in [0.15, 0.2) is 0 Å². The van der Waals surface area contributed by atoms with E-state index in [9.17, 15) is 0 Å². The van der Waals surface area contributed by atoms with Crippen molar-refractivity contribution in [3.05, 3.63) is 18.1 Å². The number of nitrogens with zero attached hydrogens (tertiary/aromatic N) is 3. The quantitative estimate of drug-likeness (QED) is 0.873. The Morgan fingerprint density at radius 3 is 3.00 bits per heavy atom. The van der Waals surface area contributed by atoms with Crippen LogP contribution in [0.3, 0.4) is 0 Å². The standard InChI is InChI=1S/C19H29N5/c1-3-13-7-17-14(4-1)8-19(23-17)24(11-13)18-9-16(21-12-22-18)15-5-2-6-20-10-15/h9,12-15,17,19-20,23H,1-8,10-11H2/t13-,14+,15?,17?,19-/m0/s1. The van der Waals surface area contributed by atoms with Crippen LogP contribution in [0.25, 0.3) is 0 Å². The van der Waals surface area contributed by atoms with E-state index < -0.39 is 0 Å². The summed E-state index contributed by atoms with van der Waals surface area (Å²) < 4.78 is 0. The van der Waals surface area contributed by atoms with Crippen LogP contribution in [0.4, 0.5) is 5.82 Å². The molecule has 4 aliphatic rings. The van der Waals surface area contributed by atoms with Crippen LogP contribution in [0.15, 0.2) is 12.4 Å². The average molecular weight is 327 g/mol. The van der Waals surface area contributed by atoms with Crippen molar-refractivity contribution in [2.75, 3.05) is 24.5 Å². The van der Waals surface area contributed by atoms with Gasteiger partial charge in [-0.3, -0.25) is 5.32 Å². The van der Waals surface area contributed by atoms with Crippen molar-refractivity contribution in [2.24, 2.45) is 11.8 Å². The molecule has 1 aromatic heterocycles. The Labute approximate surface area is 144 Å². The highest BCUT2D eigenvalue weighted by Crippen LogP contribution is 2.40. The van der Waals surface area contributed by atoms with Crippen LogP contribution in [0, 0.1) is 11.8 Å². The van der Waals surface area contributed by atoms with Gasteiger partial charge in [0, 0.05) is 31.1 Å². The summed E-state index contributed by atoms with van der Waals surface area (Å²) in [5, 5.41) is 7.44. The topological polar surface area (TPSA) is 53.1 Å². The molecule has 5 heteroatoms. The number of aromatic nitrogens is 2. The second kappa shape index (κ2) is 6.26. The van der Waals surface area contributed by atoms with E-state index >= 15 is 0 Å². The molecule has 0 aromatic carbocycles. The third-order valence-corrected chi connectivity index (χ3v) is 6.79. The summed E-state index contributed by atoms with van der Waals surface area (Å²) in [6.45, 7) is 3.38. The highest BCUT2D eigenvalue weighted by Gasteiger charge is 2.43.